The van der Waals surface area contributed by atoms with Crippen LogP contribution in [0.2, 0.25) is 0 Å². The third-order valence-electron chi connectivity index (χ3n) is 8.57. The number of fused-ring (bicyclic) bond motifs is 3. The van der Waals surface area contributed by atoms with Gasteiger partial charge < -0.3 is 10.1 Å². The maximum Gasteiger partial charge on any atom is 0.282 e. The number of ether oxygens (including phenoxy) is 1. The Labute approximate surface area is 279 Å². The zero-order chi connectivity index (χ0) is 33.5. The summed E-state index contributed by atoms with van der Waals surface area (Å²) in [5.74, 6) is 0.781. The highest BCUT2D eigenvalue weighted by Crippen LogP contribution is 2.38. The molecular formula is C37H32BrN3O5S. The second-order valence-electron chi connectivity index (χ2n) is 13.8. The van der Waals surface area contributed by atoms with E-state index < -0.39 is 15.6 Å². The maximum absolute atomic E-state index is 14.1. The molecule has 0 bridgehead atoms. The number of rotatable bonds is 4. The molecule has 2 heterocycles. The van der Waals surface area contributed by atoms with E-state index >= 15 is 0 Å². The molecule has 0 amide bonds. The van der Waals surface area contributed by atoms with Gasteiger partial charge in [-0.1, -0.05) is 83.1 Å². The van der Waals surface area contributed by atoms with Crippen LogP contribution in [-0.2, 0) is 15.4 Å². The molecule has 2 N–H and O–H groups in total. The third-order valence-corrected chi connectivity index (χ3v) is 10.6. The fourth-order valence-corrected chi connectivity index (χ4v) is 8.78. The number of hydrogen-bond acceptors (Lipinski definition) is 7. The van der Waals surface area contributed by atoms with Crippen molar-refractivity contribution in [2.75, 3.05) is 5.32 Å². The van der Waals surface area contributed by atoms with Crippen LogP contribution in [0.25, 0.3) is 27.5 Å². The van der Waals surface area contributed by atoms with Crippen molar-refractivity contribution < 1.29 is 13.2 Å². The number of sulfonamides is 1. The summed E-state index contributed by atoms with van der Waals surface area (Å²) in [7, 11) is -4.01. The topological polar surface area (TPSA) is 114 Å². The van der Waals surface area contributed by atoms with Gasteiger partial charge in [0.25, 0.3) is 15.6 Å². The molecule has 3 aliphatic rings. The van der Waals surface area contributed by atoms with Crippen molar-refractivity contribution in [2.45, 2.75) is 51.3 Å². The van der Waals surface area contributed by atoms with E-state index in [4.69, 9.17) is 4.74 Å². The van der Waals surface area contributed by atoms with E-state index in [1.165, 1.54) is 11.6 Å². The number of para-hydroxylation sites is 1. The van der Waals surface area contributed by atoms with Crippen molar-refractivity contribution in [3.8, 4) is 11.5 Å². The number of halogens is 1. The Morgan fingerprint density at radius 1 is 0.830 bits per heavy atom. The highest BCUT2D eigenvalue weighted by molar-refractivity contribution is 9.10. The maximum atomic E-state index is 14.1. The minimum atomic E-state index is -4.01. The van der Waals surface area contributed by atoms with E-state index in [0.717, 1.165) is 6.42 Å². The molecule has 47 heavy (non-hydrogen) atoms. The molecule has 0 fully saturated rings. The smallest absolute Gasteiger partial charge is 0.282 e. The summed E-state index contributed by atoms with van der Waals surface area (Å²) in [5, 5.41) is 5.07. The van der Waals surface area contributed by atoms with Gasteiger partial charge in [-0.2, -0.15) is 0 Å². The van der Waals surface area contributed by atoms with Gasteiger partial charge in [0.2, 0.25) is 0 Å². The Morgan fingerprint density at radius 2 is 1.49 bits per heavy atom. The Bertz CT molecular complexity index is 2600. The molecule has 2 aliphatic heterocycles. The normalized spacial score (nSPS) is 15.8. The van der Waals surface area contributed by atoms with E-state index in [9.17, 15) is 18.0 Å². The molecule has 10 heteroatoms. The van der Waals surface area contributed by atoms with Crippen LogP contribution >= 0.6 is 15.9 Å². The summed E-state index contributed by atoms with van der Waals surface area (Å²) in [6.45, 7) is 11.1. The molecule has 0 aromatic heterocycles. The van der Waals surface area contributed by atoms with E-state index in [0.29, 0.717) is 42.5 Å². The minimum absolute atomic E-state index is 0.00580. The molecule has 4 aromatic carbocycles. The fourth-order valence-electron chi connectivity index (χ4n) is 6.99. The Kier molecular flexibility index (Phi) is 7.11. The zero-order valence-electron chi connectivity index (χ0n) is 26.5. The molecule has 0 spiro atoms. The summed E-state index contributed by atoms with van der Waals surface area (Å²) in [6.07, 6.45) is 0.992. The van der Waals surface area contributed by atoms with Crippen LogP contribution in [0.1, 0.15) is 46.6 Å². The lowest BCUT2D eigenvalue weighted by molar-refractivity contribution is 0.284. The highest BCUT2D eigenvalue weighted by Gasteiger charge is 2.29. The lowest BCUT2D eigenvalue weighted by Crippen LogP contribution is -2.42. The van der Waals surface area contributed by atoms with Gasteiger partial charge in [0, 0.05) is 25.7 Å². The van der Waals surface area contributed by atoms with Gasteiger partial charge in [-0.3, -0.25) is 14.3 Å². The molecule has 4 aromatic rings. The average molecular weight is 711 g/mol. The molecule has 1 aliphatic carbocycles. The van der Waals surface area contributed by atoms with Crippen molar-refractivity contribution in [1.29, 1.82) is 0 Å². The van der Waals surface area contributed by atoms with Crippen molar-refractivity contribution >= 4 is 59.1 Å². The number of benzene rings is 4. The van der Waals surface area contributed by atoms with Gasteiger partial charge in [-0.15, -0.1) is 0 Å². The third kappa shape index (κ3) is 5.29. The van der Waals surface area contributed by atoms with Crippen molar-refractivity contribution in [2.24, 2.45) is 5.41 Å². The largest absolute Gasteiger partial charge is 0.455 e. The zero-order valence-corrected chi connectivity index (χ0v) is 28.9. The fraction of sp³-hybridized carbons (Fsp3) is 0.216. The first-order valence-corrected chi connectivity index (χ1v) is 17.5. The summed E-state index contributed by atoms with van der Waals surface area (Å²) in [6, 6.07) is 22.9. The quantitative estimate of drug-likeness (QED) is 0.209. The summed E-state index contributed by atoms with van der Waals surface area (Å²) in [4.78, 5) is 32.5. The van der Waals surface area contributed by atoms with E-state index in [1.54, 1.807) is 48.5 Å². The predicted octanol–water partition coefficient (Wildman–Crippen LogP) is 6.73. The van der Waals surface area contributed by atoms with Gasteiger partial charge in [0.1, 0.15) is 22.0 Å². The van der Waals surface area contributed by atoms with Gasteiger partial charge in [0.05, 0.1) is 10.9 Å². The summed E-state index contributed by atoms with van der Waals surface area (Å²) in [5.41, 5.74) is 0.854. The monoisotopic (exact) mass is 709 g/mol. The molecule has 0 saturated carbocycles. The minimum Gasteiger partial charge on any atom is -0.455 e. The van der Waals surface area contributed by atoms with Crippen LogP contribution < -0.4 is 31.0 Å². The summed E-state index contributed by atoms with van der Waals surface area (Å²) >= 11 is 3.61. The van der Waals surface area contributed by atoms with Crippen LogP contribution in [0.15, 0.2) is 97.8 Å². The van der Waals surface area contributed by atoms with Gasteiger partial charge in [-0.25, -0.2) is 13.4 Å². The second-order valence-corrected chi connectivity index (χ2v) is 16.4. The van der Waals surface area contributed by atoms with Gasteiger partial charge in [-0.05, 0) is 74.5 Å². The van der Waals surface area contributed by atoms with E-state index in [-0.39, 0.29) is 43.5 Å². The lowest BCUT2D eigenvalue weighted by atomic mass is 9.72. The van der Waals surface area contributed by atoms with Gasteiger partial charge >= 0.3 is 0 Å². The number of nitrogens with one attached hydrogen (secondary N) is 2. The van der Waals surface area contributed by atoms with Gasteiger partial charge in [0.15, 0.2) is 11.2 Å². The van der Waals surface area contributed by atoms with E-state index in [1.807, 2.05) is 24.3 Å². The van der Waals surface area contributed by atoms with Crippen LogP contribution in [0.4, 0.5) is 5.69 Å². The average Bonchev–Trinajstić information content (AvgIpc) is 2.99. The first-order chi connectivity index (χ1) is 22.1. The van der Waals surface area contributed by atoms with Crippen LogP contribution in [-0.4, -0.2) is 13.4 Å². The first kappa shape index (κ1) is 31.1. The molecule has 8 nitrogen and oxygen atoms in total. The Hall–Kier alpha value is -4.54. The molecule has 0 saturated heterocycles. The van der Waals surface area contributed by atoms with Crippen LogP contribution in [0.5, 0.6) is 11.5 Å². The first-order valence-electron chi connectivity index (χ1n) is 15.2. The second kappa shape index (κ2) is 10.7. The molecule has 238 valence electrons. The Morgan fingerprint density at radius 3 is 2.19 bits per heavy atom. The molecule has 0 atom stereocenters. The van der Waals surface area contributed by atoms with Crippen molar-refractivity contribution in [3.63, 3.8) is 0 Å². The predicted molar refractivity (Wildman–Crippen MR) is 189 cm³/mol. The Balaban J connectivity index is 1.51. The molecule has 7 rings (SSSR count). The van der Waals surface area contributed by atoms with E-state index in [2.05, 4.69) is 65.6 Å². The number of anilines is 1. The number of aromatic nitrogens is 1. The van der Waals surface area contributed by atoms with Crippen molar-refractivity contribution in [1.82, 2.24) is 9.71 Å². The van der Waals surface area contributed by atoms with Crippen LogP contribution in [0.3, 0.4) is 0 Å². The van der Waals surface area contributed by atoms with Crippen LogP contribution in [0, 0.1) is 15.9 Å². The molecule has 0 unspecified atom stereocenters. The summed E-state index contributed by atoms with van der Waals surface area (Å²) < 4.78 is 36.0. The lowest BCUT2D eigenvalue weighted by Gasteiger charge is -2.33. The molecule has 0 radical (unpaired) electrons. The molecular weight excluding hydrogens is 678 g/mol. The number of hydrogen-bond donors (Lipinski definition) is 2. The standard InChI is InChI=1S/C37H32BrN3O5S/c1-36(2,3)19-37(4,5)20-14-16-21(17-15-20)46-26-18-24(38)29-30-28(22-10-6-7-11-23(22)33(29)42)31(35(43)40-32(26)30)34-39-25-12-8-9-13-27(25)47(44,45)41-34/h6-18,39,41H,19H2,1-5H3. The van der Waals surface area contributed by atoms with Crippen molar-refractivity contribution in [3.05, 3.63) is 125 Å². The SMILES string of the molecule is CC(C)(C)CC(C)(C)c1ccc(Oc2cc(Br)c3c4c2nc(=O)c(=C2Nc5ccccc5S(=O)(=O)N2)c=4c2ccccc2c3=O)cc1. The highest BCUT2D eigenvalue weighted by atomic mass is 79.9. The number of nitrogens with zero attached hydrogens (tertiary/aromatic N) is 1.